The summed E-state index contributed by atoms with van der Waals surface area (Å²) >= 11 is 0. The molecule has 220 valence electrons. The van der Waals surface area contributed by atoms with Gasteiger partial charge in [-0.2, -0.15) is 0 Å². The van der Waals surface area contributed by atoms with Crippen molar-refractivity contribution in [1.29, 1.82) is 0 Å². The molecule has 0 bridgehead atoms. The molecular formula is C43H27N3O. The van der Waals surface area contributed by atoms with Gasteiger partial charge < -0.3 is 4.42 Å². The van der Waals surface area contributed by atoms with Crippen molar-refractivity contribution in [3.63, 3.8) is 0 Å². The molecule has 0 amide bonds. The second kappa shape index (κ2) is 11.2. The third-order valence-corrected chi connectivity index (χ3v) is 8.74. The molecule has 0 aliphatic carbocycles. The molecule has 47 heavy (non-hydrogen) atoms. The Morgan fingerprint density at radius 3 is 1.51 bits per heavy atom. The first-order valence-electron chi connectivity index (χ1n) is 15.7. The number of aromatic nitrogens is 3. The average molecular weight is 602 g/mol. The predicted molar refractivity (Wildman–Crippen MR) is 192 cm³/mol. The molecule has 9 rings (SSSR count). The van der Waals surface area contributed by atoms with Crippen LogP contribution in [0.4, 0.5) is 0 Å². The summed E-state index contributed by atoms with van der Waals surface area (Å²) in [5.74, 6) is 1.84. The topological polar surface area (TPSA) is 51.8 Å². The summed E-state index contributed by atoms with van der Waals surface area (Å²) in [6.07, 6.45) is 0. The van der Waals surface area contributed by atoms with E-state index >= 15 is 0 Å². The van der Waals surface area contributed by atoms with Crippen molar-refractivity contribution in [3.05, 3.63) is 164 Å². The van der Waals surface area contributed by atoms with E-state index in [1.165, 1.54) is 16.3 Å². The molecule has 2 aromatic heterocycles. The lowest BCUT2D eigenvalue weighted by atomic mass is 9.95. The van der Waals surface area contributed by atoms with Crippen LogP contribution in [0.25, 0.3) is 89.1 Å². The minimum atomic E-state index is 0.600. The van der Waals surface area contributed by atoms with Crippen molar-refractivity contribution in [1.82, 2.24) is 15.0 Å². The summed E-state index contributed by atoms with van der Waals surface area (Å²) in [5, 5.41) is 4.44. The van der Waals surface area contributed by atoms with E-state index in [9.17, 15) is 0 Å². The van der Waals surface area contributed by atoms with Gasteiger partial charge in [0.1, 0.15) is 11.2 Å². The molecule has 0 N–H and O–H groups in total. The lowest BCUT2D eigenvalue weighted by Crippen LogP contribution is -2.00. The normalized spacial score (nSPS) is 11.4. The standard InChI is InChI=1S/C43H27N3O/c1-3-11-28(12-4-1)30-21-24-32(25-22-30)42-44-41(31-14-5-2-6-15-31)45-43(46-42)36-18-10-20-38-40(36)39-35(17-9-19-37(39)47-38)34-26-23-29-13-7-8-16-33(29)27-34/h1-27H. The molecule has 2 heterocycles. The van der Waals surface area contributed by atoms with E-state index in [1.807, 2.05) is 54.6 Å². The molecule has 4 heteroatoms. The predicted octanol–water partition coefficient (Wildman–Crippen LogP) is 11.3. The fraction of sp³-hybridized carbons (Fsp3) is 0. The van der Waals surface area contributed by atoms with Crippen molar-refractivity contribution in [2.24, 2.45) is 0 Å². The van der Waals surface area contributed by atoms with Crippen LogP contribution in [0.15, 0.2) is 168 Å². The van der Waals surface area contributed by atoms with Gasteiger partial charge in [-0.3, -0.25) is 0 Å². The maximum atomic E-state index is 6.48. The third kappa shape index (κ3) is 4.84. The second-order valence-electron chi connectivity index (χ2n) is 11.6. The summed E-state index contributed by atoms with van der Waals surface area (Å²) < 4.78 is 6.48. The molecule has 0 saturated heterocycles. The van der Waals surface area contributed by atoms with Crippen molar-refractivity contribution in [2.75, 3.05) is 0 Å². The number of nitrogens with zero attached hydrogens (tertiary/aromatic N) is 3. The van der Waals surface area contributed by atoms with Gasteiger partial charge in [0.2, 0.25) is 0 Å². The number of fused-ring (bicyclic) bond motifs is 4. The number of rotatable bonds is 5. The van der Waals surface area contributed by atoms with Gasteiger partial charge in [0.25, 0.3) is 0 Å². The van der Waals surface area contributed by atoms with Crippen molar-refractivity contribution < 1.29 is 4.42 Å². The fourth-order valence-corrected chi connectivity index (χ4v) is 6.43. The molecule has 0 radical (unpaired) electrons. The SMILES string of the molecule is c1ccc(-c2ccc(-c3nc(-c4ccccc4)nc(-c4cccc5oc6cccc(-c7ccc8ccccc8c7)c6c45)n3)cc2)cc1. The number of furan rings is 1. The summed E-state index contributed by atoms with van der Waals surface area (Å²) in [6, 6.07) is 56.3. The third-order valence-electron chi connectivity index (χ3n) is 8.74. The van der Waals surface area contributed by atoms with Gasteiger partial charge in [0, 0.05) is 27.5 Å². The zero-order valence-corrected chi connectivity index (χ0v) is 25.3. The zero-order valence-electron chi connectivity index (χ0n) is 25.3. The molecule has 0 spiro atoms. The summed E-state index contributed by atoms with van der Waals surface area (Å²) in [6.45, 7) is 0. The summed E-state index contributed by atoms with van der Waals surface area (Å²) in [7, 11) is 0. The lowest BCUT2D eigenvalue weighted by Gasteiger charge is -2.11. The quantitative estimate of drug-likeness (QED) is 0.197. The zero-order chi connectivity index (χ0) is 31.2. The van der Waals surface area contributed by atoms with Crippen LogP contribution in [0.1, 0.15) is 0 Å². The highest BCUT2D eigenvalue weighted by Gasteiger charge is 2.20. The van der Waals surface area contributed by atoms with Gasteiger partial charge in [0.05, 0.1) is 0 Å². The number of hydrogen-bond donors (Lipinski definition) is 0. The molecule has 0 atom stereocenters. The Morgan fingerprint density at radius 1 is 0.319 bits per heavy atom. The molecule has 0 fully saturated rings. The molecule has 4 nitrogen and oxygen atoms in total. The van der Waals surface area contributed by atoms with E-state index < -0.39 is 0 Å². The van der Waals surface area contributed by atoms with Gasteiger partial charge in [-0.05, 0) is 51.2 Å². The van der Waals surface area contributed by atoms with E-state index in [1.54, 1.807) is 0 Å². The Labute approximate surface area is 271 Å². The molecule has 0 saturated carbocycles. The maximum absolute atomic E-state index is 6.48. The van der Waals surface area contributed by atoms with Gasteiger partial charge >= 0.3 is 0 Å². The van der Waals surface area contributed by atoms with Crippen molar-refractivity contribution in [3.8, 4) is 56.4 Å². The Balaban J connectivity index is 1.26. The van der Waals surface area contributed by atoms with Gasteiger partial charge in [-0.25, -0.2) is 15.0 Å². The summed E-state index contributed by atoms with van der Waals surface area (Å²) in [4.78, 5) is 15.2. The van der Waals surface area contributed by atoms with Gasteiger partial charge in [-0.15, -0.1) is 0 Å². The van der Waals surface area contributed by atoms with Gasteiger partial charge in [-0.1, -0.05) is 146 Å². The molecule has 0 aliphatic heterocycles. The number of hydrogen-bond acceptors (Lipinski definition) is 4. The highest BCUT2D eigenvalue weighted by Crippen LogP contribution is 2.41. The van der Waals surface area contributed by atoms with Crippen LogP contribution < -0.4 is 0 Å². The molecule has 0 aliphatic rings. The fourth-order valence-electron chi connectivity index (χ4n) is 6.43. The Kier molecular flexibility index (Phi) is 6.43. The lowest BCUT2D eigenvalue weighted by molar-refractivity contribution is 0.669. The molecule has 9 aromatic rings. The van der Waals surface area contributed by atoms with E-state index in [0.717, 1.165) is 55.3 Å². The smallest absolute Gasteiger partial charge is 0.164 e. The Hall–Kier alpha value is -6.39. The van der Waals surface area contributed by atoms with Crippen LogP contribution >= 0.6 is 0 Å². The first-order chi connectivity index (χ1) is 23.3. The molecule has 0 unspecified atom stereocenters. The van der Waals surface area contributed by atoms with Crippen LogP contribution in [0.3, 0.4) is 0 Å². The van der Waals surface area contributed by atoms with Crippen LogP contribution in [-0.4, -0.2) is 15.0 Å². The first kappa shape index (κ1) is 27.0. The average Bonchev–Trinajstić information content (AvgIpc) is 3.54. The highest BCUT2D eigenvalue weighted by molar-refractivity contribution is 6.17. The van der Waals surface area contributed by atoms with Crippen LogP contribution in [0.5, 0.6) is 0 Å². The van der Waals surface area contributed by atoms with Crippen molar-refractivity contribution >= 4 is 32.7 Å². The van der Waals surface area contributed by atoms with E-state index in [2.05, 4.69) is 109 Å². The van der Waals surface area contributed by atoms with Crippen LogP contribution in [-0.2, 0) is 0 Å². The number of benzene rings is 7. The largest absolute Gasteiger partial charge is 0.456 e. The van der Waals surface area contributed by atoms with E-state index in [-0.39, 0.29) is 0 Å². The highest BCUT2D eigenvalue weighted by atomic mass is 16.3. The first-order valence-corrected chi connectivity index (χ1v) is 15.7. The van der Waals surface area contributed by atoms with Crippen LogP contribution in [0, 0.1) is 0 Å². The minimum absolute atomic E-state index is 0.600. The van der Waals surface area contributed by atoms with Crippen molar-refractivity contribution in [2.45, 2.75) is 0 Å². The Morgan fingerprint density at radius 2 is 0.809 bits per heavy atom. The maximum Gasteiger partial charge on any atom is 0.164 e. The molecule has 7 aromatic carbocycles. The van der Waals surface area contributed by atoms with Gasteiger partial charge in [0.15, 0.2) is 17.5 Å². The van der Waals surface area contributed by atoms with E-state index in [0.29, 0.717) is 17.5 Å². The molecular weight excluding hydrogens is 574 g/mol. The second-order valence-corrected chi connectivity index (χ2v) is 11.6. The minimum Gasteiger partial charge on any atom is -0.456 e. The van der Waals surface area contributed by atoms with E-state index in [4.69, 9.17) is 19.4 Å². The Bertz CT molecular complexity index is 2550. The summed E-state index contributed by atoms with van der Waals surface area (Å²) in [5.41, 5.74) is 8.92. The van der Waals surface area contributed by atoms with Crippen LogP contribution in [0.2, 0.25) is 0 Å². The monoisotopic (exact) mass is 601 g/mol.